The summed E-state index contributed by atoms with van der Waals surface area (Å²) in [5.74, 6) is 5.75. The minimum absolute atomic E-state index is 0.00843. The molecular formula is C14H18ClIN4. The van der Waals surface area contributed by atoms with E-state index in [0.29, 0.717) is 6.42 Å². The number of nitrogens with two attached hydrogens (primary N) is 1. The average molecular weight is 405 g/mol. The van der Waals surface area contributed by atoms with Gasteiger partial charge in [-0.2, -0.15) is 5.10 Å². The Morgan fingerprint density at radius 1 is 1.45 bits per heavy atom. The van der Waals surface area contributed by atoms with E-state index in [4.69, 9.17) is 17.4 Å². The predicted octanol–water partition coefficient (Wildman–Crippen LogP) is 3.04. The normalized spacial score (nSPS) is 12.7. The Morgan fingerprint density at radius 3 is 2.70 bits per heavy atom. The van der Waals surface area contributed by atoms with Crippen LogP contribution in [0.4, 0.5) is 0 Å². The maximum Gasteiger partial charge on any atom is 0.0847 e. The predicted molar refractivity (Wildman–Crippen MR) is 90.6 cm³/mol. The number of nitrogens with zero attached hydrogens (tertiary/aromatic N) is 2. The molecule has 1 heterocycles. The third-order valence-electron chi connectivity index (χ3n) is 3.46. The van der Waals surface area contributed by atoms with Gasteiger partial charge in [0.15, 0.2) is 0 Å². The molecule has 4 nitrogen and oxygen atoms in total. The summed E-state index contributed by atoms with van der Waals surface area (Å²) in [6.45, 7) is 4.01. The van der Waals surface area contributed by atoms with Crippen LogP contribution in [-0.4, -0.2) is 9.78 Å². The second-order valence-corrected chi connectivity index (χ2v) is 6.33. The fourth-order valence-electron chi connectivity index (χ4n) is 2.29. The Hall–Kier alpha value is -0.630. The topological polar surface area (TPSA) is 55.9 Å². The molecule has 6 heteroatoms. The molecule has 1 unspecified atom stereocenters. The summed E-state index contributed by atoms with van der Waals surface area (Å²) in [6, 6.07) is 6.25. The molecule has 0 fully saturated rings. The van der Waals surface area contributed by atoms with Crippen molar-refractivity contribution in [3.8, 4) is 0 Å². The van der Waals surface area contributed by atoms with Crippen molar-refractivity contribution in [2.45, 2.75) is 26.3 Å². The number of nitrogens with one attached hydrogen (secondary N) is 1. The highest BCUT2D eigenvalue weighted by molar-refractivity contribution is 14.1. The van der Waals surface area contributed by atoms with Crippen molar-refractivity contribution in [2.75, 3.05) is 0 Å². The molecule has 0 saturated heterocycles. The Labute approximate surface area is 137 Å². The van der Waals surface area contributed by atoms with Crippen molar-refractivity contribution >= 4 is 34.2 Å². The van der Waals surface area contributed by atoms with Gasteiger partial charge in [-0.05, 0) is 47.6 Å². The molecule has 1 aromatic heterocycles. The number of rotatable bonds is 4. The van der Waals surface area contributed by atoms with Crippen LogP contribution in [0.15, 0.2) is 18.2 Å². The first kappa shape index (κ1) is 15.8. The molecule has 0 aliphatic heterocycles. The first-order valence-electron chi connectivity index (χ1n) is 6.34. The zero-order chi connectivity index (χ0) is 14.9. The Balaban J connectivity index is 2.36. The van der Waals surface area contributed by atoms with Gasteiger partial charge in [-0.1, -0.05) is 29.8 Å². The van der Waals surface area contributed by atoms with E-state index in [1.165, 1.54) is 14.7 Å². The molecule has 0 aliphatic carbocycles. The number of hydrogen-bond donors (Lipinski definition) is 2. The SMILES string of the molecule is Cc1cccc(C(Cc2c(Cl)c(C)nn2C)NN)c1I. The summed E-state index contributed by atoms with van der Waals surface area (Å²) < 4.78 is 3.05. The van der Waals surface area contributed by atoms with Gasteiger partial charge in [0.25, 0.3) is 0 Å². The highest BCUT2D eigenvalue weighted by Crippen LogP contribution is 2.28. The zero-order valence-electron chi connectivity index (χ0n) is 11.7. The zero-order valence-corrected chi connectivity index (χ0v) is 14.7. The summed E-state index contributed by atoms with van der Waals surface area (Å²) in [6.07, 6.45) is 0.701. The van der Waals surface area contributed by atoms with Crippen molar-refractivity contribution in [2.24, 2.45) is 12.9 Å². The smallest absolute Gasteiger partial charge is 0.0847 e. The monoisotopic (exact) mass is 404 g/mol. The van der Waals surface area contributed by atoms with Gasteiger partial charge in [0, 0.05) is 17.0 Å². The lowest BCUT2D eigenvalue weighted by Crippen LogP contribution is -2.31. The van der Waals surface area contributed by atoms with E-state index in [-0.39, 0.29) is 6.04 Å². The molecule has 0 spiro atoms. The van der Waals surface area contributed by atoms with E-state index in [1.807, 2.05) is 24.7 Å². The van der Waals surface area contributed by atoms with Crippen molar-refractivity contribution in [3.63, 3.8) is 0 Å². The molecule has 108 valence electrons. The molecule has 0 bridgehead atoms. The number of benzene rings is 1. The van der Waals surface area contributed by atoms with Crippen LogP contribution in [0.3, 0.4) is 0 Å². The van der Waals surface area contributed by atoms with Crippen molar-refractivity contribution in [1.82, 2.24) is 15.2 Å². The lowest BCUT2D eigenvalue weighted by Gasteiger charge is -2.19. The fraction of sp³-hybridized carbons (Fsp3) is 0.357. The van der Waals surface area contributed by atoms with Crippen LogP contribution >= 0.6 is 34.2 Å². The number of aromatic nitrogens is 2. The number of hydrazine groups is 1. The van der Waals surface area contributed by atoms with E-state index in [2.05, 4.69) is 52.2 Å². The summed E-state index contributed by atoms with van der Waals surface area (Å²) in [5.41, 5.74) is 7.16. The highest BCUT2D eigenvalue weighted by atomic mass is 127. The van der Waals surface area contributed by atoms with Crippen molar-refractivity contribution < 1.29 is 0 Å². The maximum atomic E-state index is 6.32. The second kappa shape index (κ2) is 6.43. The Bertz CT molecular complexity index is 624. The van der Waals surface area contributed by atoms with Gasteiger partial charge in [0.05, 0.1) is 22.5 Å². The molecule has 2 aromatic rings. The van der Waals surface area contributed by atoms with E-state index in [0.717, 1.165) is 16.4 Å². The Kier molecular flexibility index (Phi) is 5.06. The average Bonchev–Trinajstić information content (AvgIpc) is 2.65. The largest absolute Gasteiger partial charge is 0.271 e. The second-order valence-electron chi connectivity index (χ2n) is 4.87. The quantitative estimate of drug-likeness (QED) is 0.468. The lowest BCUT2D eigenvalue weighted by atomic mass is 10.0. The van der Waals surface area contributed by atoms with Crippen LogP contribution in [0, 0.1) is 17.4 Å². The molecule has 0 aliphatic rings. The van der Waals surface area contributed by atoms with Gasteiger partial charge in [-0.25, -0.2) is 0 Å². The van der Waals surface area contributed by atoms with Gasteiger partial charge in [0.1, 0.15) is 0 Å². The summed E-state index contributed by atoms with van der Waals surface area (Å²) in [4.78, 5) is 0. The first-order valence-corrected chi connectivity index (χ1v) is 7.80. The van der Waals surface area contributed by atoms with Gasteiger partial charge in [0.2, 0.25) is 0 Å². The number of aryl methyl sites for hydroxylation is 3. The number of hydrogen-bond acceptors (Lipinski definition) is 3. The molecular weight excluding hydrogens is 387 g/mol. The van der Waals surface area contributed by atoms with Crippen molar-refractivity contribution in [1.29, 1.82) is 0 Å². The van der Waals surface area contributed by atoms with Gasteiger partial charge in [-0.3, -0.25) is 16.0 Å². The molecule has 2 rings (SSSR count). The fourth-order valence-corrected chi connectivity index (χ4v) is 3.27. The van der Waals surface area contributed by atoms with Crippen molar-refractivity contribution in [3.05, 3.63) is 49.3 Å². The summed E-state index contributed by atoms with van der Waals surface area (Å²) in [7, 11) is 1.91. The molecule has 0 saturated carbocycles. The minimum Gasteiger partial charge on any atom is -0.271 e. The van der Waals surface area contributed by atoms with E-state index >= 15 is 0 Å². The molecule has 0 amide bonds. The van der Waals surface area contributed by atoms with Crippen LogP contribution in [0.5, 0.6) is 0 Å². The summed E-state index contributed by atoms with van der Waals surface area (Å²) in [5, 5.41) is 5.06. The Morgan fingerprint density at radius 2 is 2.15 bits per heavy atom. The molecule has 3 N–H and O–H groups in total. The van der Waals surface area contributed by atoms with Crippen LogP contribution in [0.25, 0.3) is 0 Å². The van der Waals surface area contributed by atoms with Crippen LogP contribution in [0.2, 0.25) is 5.02 Å². The minimum atomic E-state index is 0.00843. The standard InChI is InChI=1S/C14H18ClIN4/c1-8-5-4-6-10(14(8)16)11(18-17)7-12-13(15)9(2)19-20(12)3/h4-6,11,18H,7,17H2,1-3H3. The third kappa shape index (κ3) is 3.00. The molecule has 1 atom stereocenters. The molecule has 0 radical (unpaired) electrons. The van der Waals surface area contributed by atoms with E-state index < -0.39 is 0 Å². The van der Waals surface area contributed by atoms with Crippen LogP contribution in [0.1, 0.15) is 28.6 Å². The van der Waals surface area contributed by atoms with Crippen LogP contribution in [-0.2, 0) is 13.5 Å². The number of halogens is 2. The van der Waals surface area contributed by atoms with E-state index in [9.17, 15) is 0 Å². The molecule has 1 aromatic carbocycles. The third-order valence-corrected chi connectivity index (χ3v) is 5.42. The summed E-state index contributed by atoms with van der Waals surface area (Å²) >= 11 is 8.68. The van der Waals surface area contributed by atoms with Gasteiger partial charge in [-0.15, -0.1) is 0 Å². The van der Waals surface area contributed by atoms with Gasteiger partial charge >= 0.3 is 0 Å². The van der Waals surface area contributed by atoms with Crippen LogP contribution < -0.4 is 11.3 Å². The lowest BCUT2D eigenvalue weighted by molar-refractivity contribution is 0.528. The molecule has 20 heavy (non-hydrogen) atoms. The highest BCUT2D eigenvalue weighted by Gasteiger charge is 2.19. The van der Waals surface area contributed by atoms with E-state index in [1.54, 1.807) is 0 Å². The first-order chi connectivity index (χ1) is 9.45. The maximum absolute atomic E-state index is 6.32. The van der Waals surface area contributed by atoms with Gasteiger partial charge < -0.3 is 0 Å².